The van der Waals surface area contributed by atoms with Crippen LogP contribution in [-0.4, -0.2) is 48.6 Å². The highest BCUT2D eigenvalue weighted by Gasteiger charge is 2.45. The van der Waals surface area contributed by atoms with E-state index in [1.807, 2.05) is 0 Å². The maximum absolute atomic E-state index is 12.6. The summed E-state index contributed by atoms with van der Waals surface area (Å²) in [6.07, 6.45) is 7.38. The second-order valence-electron chi connectivity index (χ2n) is 7.27. The third kappa shape index (κ3) is 3.11. The molecule has 2 saturated heterocycles. The Balaban J connectivity index is 1.58. The molecule has 4 unspecified atom stereocenters. The molecule has 0 aromatic carbocycles. The van der Waals surface area contributed by atoms with Gasteiger partial charge in [-0.2, -0.15) is 0 Å². The maximum atomic E-state index is 12.6. The standard InChI is InChI=1S/C17H31N3O/c1-3-16-15-10-18-9-13(15)11-20(16)12(2)17(21)19-14-7-5-4-6-8-14/h12-16,18H,3-11H2,1-2H3,(H,19,21). The van der Waals surface area contributed by atoms with Gasteiger partial charge in [0.1, 0.15) is 0 Å². The van der Waals surface area contributed by atoms with Crippen molar-refractivity contribution in [2.75, 3.05) is 19.6 Å². The monoisotopic (exact) mass is 293 g/mol. The average Bonchev–Trinajstić information content (AvgIpc) is 3.07. The summed E-state index contributed by atoms with van der Waals surface area (Å²) in [7, 11) is 0. The number of carbonyl (C=O) groups excluding carboxylic acids is 1. The minimum absolute atomic E-state index is 0.0301. The molecule has 21 heavy (non-hydrogen) atoms. The lowest BCUT2D eigenvalue weighted by Gasteiger charge is -2.33. The topological polar surface area (TPSA) is 44.4 Å². The van der Waals surface area contributed by atoms with Crippen molar-refractivity contribution in [3.8, 4) is 0 Å². The van der Waals surface area contributed by atoms with Crippen molar-refractivity contribution in [1.82, 2.24) is 15.5 Å². The average molecular weight is 293 g/mol. The SMILES string of the molecule is CCC1C2CNCC2CN1C(C)C(=O)NC1CCCCC1. The first-order valence-electron chi connectivity index (χ1n) is 8.97. The lowest BCUT2D eigenvalue weighted by atomic mass is 9.92. The fourth-order valence-electron chi connectivity index (χ4n) is 4.76. The summed E-state index contributed by atoms with van der Waals surface area (Å²) >= 11 is 0. The first-order valence-corrected chi connectivity index (χ1v) is 8.97. The summed E-state index contributed by atoms with van der Waals surface area (Å²) in [5.74, 6) is 1.76. The van der Waals surface area contributed by atoms with Crippen LogP contribution in [0, 0.1) is 11.8 Å². The molecule has 4 nitrogen and oxygen atoms in total. The summed E-state index contributed by atoms with van der Waals surface area (Å²) in [5.41, 5.74) is 0. The van der Waals surface area contributed by atoms with Crippen molar-refractivity contribution < 1.29 is 4.79 Å². The van der Waals surface area contributed by atoms with Gasteiger partial charge in [0.25, 0.3) is 0 Å². The van der Waals surface area contributed by atoms with Crippen molar-refractivity contribution in [3.63, 3.8) is 0 Å². The van der Waals surface area contributed by atoms with Gasteiger partial charge in [-0.25, -0.2) is 0 Å². The number of amides is 1. The molecule has 0 radical (unpaired) electrons. The number of carbonyl (C=O) groups is 1. The zero-order chi connectivity index (χ0) is 14.8. The Morgan fingerprint density at radius 1 is 1.29 bits per heavy atom. The zero-order valence-corrected chi connectivity index (χ0v) is 13.6. The molecule has 0 aromatic heterocycles. The molecule has 1 aliphatic carbocycles. The second kappa shape index (κ2) is 6.66. The van der Waals surface area contributed by atoms with Gasteiger partial charge in [-0.3, -0.25) is 9.69 Å². The molecule has 0 bridgehead atoms. The first-order chi connectivity index (χ1) is 10.2. The van der Waals surface area contributed by atoms with Crippen LogP contribution in [0.15, 0.2) is 0 Å². The fourth-order valence-corrected chi connectivity index (χ4v) is 4.76. The van der Waals surface area contributed by atoms with Crippen LogP contribution in [0.3, 0.4) is 0 Å². The lowest BCUT2D eigenvalue weighted by Crippen LogP contribution is -2.51. The van der Waals surface area contributed by atoms with Gasteiger partial charge in [0.2, 0.25) is 5.91 Å². The third-order valence-electron chi connectivity index (χ3n) is 6.00. The minimum atomic E-state index is 0.0301. The molecule has 3 rings (SSSR count). The van der Waals surface area contributed by atoms with E-state index in [1.54, 1.807) is 0 Å². The molecule has 1 saturated carbocycles. The van der Waals surface area contributed by atoms with E-state index in [-0.39, 0.29) is 11.9 Å². The van der Waals surface area contributed by atoms with Crippen LogP contribution in [0.5, 0.6) is 0 Å². The summed E-state index contributed by atoms with van der Waals surface area (Å²) < 4.78 is 0. The van der Waals surface area contributed by atoms with Crippen LogP contribution in [0.25, 0.3) is 0 Å². The molecule has 0 spiro atoms. The summed E-state index contributed by atoms with van der Waals surface area (Å²) in [6, 6.07) is 1.04. The molecular formula is C17H31N3O. The van der Waals surface area contributed by atoms with Gasteiger partial charge in [0.05, 0.1) is 6.04 Å². The van der Waals surface area contributed by atoms with E-state index in [0.29, 0.717) is 12.1 Å². The van der Waals surface area contributed by atoms with E-state index >= 15 is 0 Å². The smallest absolute Gasteiger partial charge is 0.237 e. The highest BCUT2D eigenvalue weighted by molar-refractivity contribution is 5.81. The van der Waals surface area contributed by atoms with Crippen LogP contribution in [0.4, 0.5) is 0 Å². The second-order valence-corrected chi connectivity index (χ2v) is 7.27. The predicted octanol–water partition coefficient (Wildman–Crippen LogP) is 1.75. The fraction of sp³-hybridized carbons (Fsp3) is 0.941. The third-order valence-corrected chi connectivity index (χ3v) is 6.00. The van der Waals surface area contributed by atoms with E-state index in [2.05, 4.69) is 29.4 Å². The van der Waals surface area contributed by atoms with Gasteiger partial charge >= 0.3 is 0 Å². The maximum Gasteiger partial charge on any atom is 0.237 e. The number of hydrogen-bond donors (Lipinski definition) is 2. The van der Waals surface area contributed by atoms with Crippen molar-refractivity contribution in [2.24, 2.45) is 11.8 Å². The largest absolute Gasteiger partial charge is 0.352 e. The van der Waals surface area contributed by atoms with E-state index in [4.69, 9.17) is 0 Å². The Labute approximate surface area is 129 Å². The number of nitrogens with one attached hydrogen (secondary N) is 2. The van der Waals surface area contributed by atoms with Gasteiger partial charge in [-0.1, -0.05) is 26.2 Å². The number of rotatable bonds is 4. The van der Waals surface area contributed by atoms with E-state index in [0.717, 1.165) is 37.9 Å². The van der Waals surface area contributed by atoms with Gasteiger partial charge in [0, 0.05) is 18.6 Å². The number of fused-ring (bicyclic) bond motifs is 1. The van der Waals surface area contributed by atoms with Crippen molar-refractivity contribution in [1.29, 1.82) is 0 Å². The molecule has 4 heteroatoms. The Morgan fingerprint density at radius 3 is 2.76 bits per heavy atom. The Hall–Kier alpha value is -0.610. The quantitative estimate of drug-likeness (QED) is 0.830. The normalized spacial score (nSPS) is 35.6. The summed E-state index contributed by atoms with van der Waals surface area (Å²) in [6.45, 7) is 7.74. The van der Waals surface area contributed by atoms with Gasteiger partial charge in [-0.15, -0.1) is 0 Å². The van der Waals surface area contributed by atoms with Crippen molar-refractivity contribution in [2.45, 2.75) is 70.5 Å². The number of likely N-dealkylation sites (tertiary alicyclic amines) is 1. The molecule has 3 aliphatic rings. The summed E-state index contributed by atoms with van der Waals surface area (Å²) in [4.78, 5) is 15.1. The molecular weight excluding hydrogens is 262 g/mol. The van der Waals surface area contributed by atoms with E-state index < -0.39 is 0 Å². The first kappa shape index (κ1) is 15.3. The highest BCUT2D eigenvalue weighted by Crippen LogP contribution is 2.35. The minimum Gasteiger partial charge on any atom is -0.352 e. The number of nitrogens with zero attached hydrogens (tertiary/aromatic N) is 1. The number of hydrogen-bond acceptors (Lipinski definition) is 3. The Bertz CT molecular complexity index is 367. The van der Waals surface area contributed by atoms with Crippen molar-refractivity contribution >= 4 is 5.91 Å². The molecule has 0 aromatic rings. The van der Waals surface area contributed by atoms with E-state index in [9.17, 15) is 4.79 Å². The molecule has 1 amide bonds. The molecule has 3 fully saturated rings. The highest BCUT2D eigenvalue weighted by atomic mass is 16.2. The summed E-state index contributed by atoms with van der Waals surface area (Å²) in [5, 5.41) is 6.83. The zero-order valence-electron chi connectivity index (χ0n) is 13.6. The predicted molar refractivity (Wildman–Crippen MR) is 85.1 cm³/mol. The van der Waals surface area contributed by atoms with Crippen LogP contribution in [0.2, 0.25) is 0 Å². The van der Waals surface area contributed by atoms with Crippen LogP contribution >= 0.6 is 0 Å². The van der Waals surface area contributed by atoms with Crippen LogP contribution in [-0.2, 0) is 4.79 Å². The van der Waals surface area contributed by atoms with Crippen LogP contribution < -0.4 is 10.6 Å². The van der Waals surface area contributed by atoms with Crippen LogP contribution in [0.1, 0.15) is 52.4 Å². The van der Waals surface area contributed by atoms with Gasteiger partial charge in [0.15, 0.2) is 0 Å². The Kier molecular flexibility index (Phi) is 4.85. The molecule has 2 heterocycles. The van der Waals surface area contributed by atoms with Crippen molar-refractivity contribution in [3.05, 3.63) is 0 Å². The molecule has 2 N–H and O–H groups in total. The van der Waals surface area contributed by atoms with Gasteiger partial charge in [-0.05, 0) is 51.1 Å². The molecule has 2 aliphatic heterocycles. The van der Waals surface area contributed by atoms with Gasteiger partial charge < -0.3 is 10.6 Å². The molecule has 120 valence electrons. The molecule has 4 atom stereocenters. The lowest BCUT2D eigenvalue weighted by molar-refractivity contribution is -0.127. The Morgan fingerprint density at radius 2 is 2.05 bits per heavy atom. The van der Waals surface area contributed by atoms with E-state index in [1.165, 1.54) is 32.1 Å².